The molecule has 1 aromatic heterocycles. The predicted octanol–water partition coefficient (Wildman–Crippen LogP) is 2.52. The van der Waals surface area contributed by atoms with Crippen molar-refractivity contribution in [2.24, 2.45) is 5.92 Å². The lowest BCUT2D eigenvalue weighted by molar-refractivity contribution is 0.413. The van der Waals surface area contributed by atoms with Gasteiger partial charge in [-0.25, -0.2) is 17.5 Å². The van der Waals surface area contributed by atoms with E-state index in [0.29, 0.717) is 36.1 Å². The summed E-state index contributed by atoms with van der Waals surface area (Å²) in [6.07, 6.45) is 2.98. The van der Waals surface area contributed by atoms with E-state index >= 15 is 0 Å². The average Bonchev–Trinajstić information content (AvgIpc) is 3.11. The minimum atomic E-state index is -3.72. The van der Waals surface area contributed by atoms with Gasteiger partial charge in [-0.3, -0.25) is 0 Å². The molecule has 0 bridgehead atoms. The zero-order chi connectivity index (χ0) is 17.3. The molecule has 0 radical (unpaired) electrons. The molecule has 2 atom stereocenters. The Kier molecular flexibility index (Phi) is 4.69. The molecule has 1 heterocycles. The first-order chi connectivity index (χ1) is 11.3. The predicted molar refractivity (Wildman–Crippen MR) is 85.3 cm³/mol. The summed E-state index contributed by atoms with van der Waals surface area (Å²) in [6.45, 7) is 3.34. The van der Waals surface area contributed by atoms with E-state index in [2.05, 4.69) is 14.9 Å². The van der Waals surface area contributed by atoms with E-state index in [1.165, 1.54) is 12.1 Å². The fourth-order valence-corrected chi connectivity index (χ4v) is 4.36. The molecule has 24 heavy (non-hydrogen) atoms. The van der Waals surface area contributed by atoms with Crippen molar-refractivity contribution in [3.05, 3.63) is 41.4 Å². The monoisotopic (exact) mass is 353 g/mol. The molecule has 0 amide bonds. The fourth-order valence-electron chi connectivity index (χ4n) is 3.06. The molecule has 8 heteroatoms. The van der Waals surface area contributed by atoms with Gasteiger partial charge >= 0.3 is 0 Å². The molecule has 1 fully saturated rings. The van der Waals surface area contributed by atoms with E-state index in [-0.39, 0.29) is 10.9 Å². The number of rotatable bonds is 5. The highest BCUT2D eigenvalue weighted by Gasteiger charge is 2.30. The number of aromatic nitrogens is 2. The third-order valence-corrected chi connectivity index (χ3v) is 5.87. The van der Waals surface area contributed by atoms with Crippen molar-refractivity contribution in [1.82, 2.24) is 14.9 Å². The third kappa shape index (κ3) is 3.81. The maximum Gasteiger partial charge on any atom is 0.240 e. The van der Waals surface area contributed by atoms with E-state index in [4.69, 9.17) is 4.42 Å². The molecule has 130 valence electrons. The molecular formula is C16H20FN3O3S. The number of nitrogens with one attached hydrogen (secondary N) is 1. The van der Waals surface area contributed by atoms with Crippen molar-refractivity contribution in [2.45, 2.75) is 50.5 Å². The van der Waals surface area contributed by atoms with Gasteiger partial charge in [0.15, 0.2) is 0 Å². The van der Waals surface area contributed by atoms with Crippen molar-refractivity contribution in [3.8, 4) is 0 Å². The summed E-state index contributed by atoms with van der Waals surface area (Å²) in [7, 11) is -3.72. The summed E-state index contributed by atoms with van der Waals surface area (Å²) in [6, 6.07) is 3.80. The summed E-state index contributed by atoms with van der Waals surface area (Å²) in [5.41, 5.74) is 0.421. The Labute approximate surface area is 140 Å². The van der Waals surface area contributed by atoms with E-state index in [0.717, 1.165) is 18.9 Å². The largest absolute Gasteiger partial charge is 0.426 e. The fraction of sp³-hybridized carbons (Fsp3) is 0.500. The lowest BCUT2D eigenvalue weighted by atomic mass is 10.0. The Balaban J connectivity index is 1.62. The van der Waals surface area contributed by atoms with Gasteiger partial charge in [0.2, 0.25) is 21.8 Å². The van der Waals surface area contributed by atoms with Crippen LogP contribution >= 0.6 is 0 Å². The number of benzene rings is 1. The van der Waals surface area contributed by atoms with Crippen LogP contribution in [-0.2, 0) is 16.4 Å². The molecule has 1 aliphatic carbocycles. The maximum absolute atomic E-state index is 13.6. The molecule has 2 aromatic rings. The van der Waals surface area contributed by atoms with Gasteiger partial charge in [-0.15, -0.1) is 10.2 Å². The molecule has 1 N–H and O–H groups in total. The van der Waals surface area contributed by atoms with Crippen molar-refractivity contribution in [2.75, 3.05) is 0 Å². The van der Waals surface area contributed by atoms with Crippen LogP contribution in [0.1, 0.15) is 36.6 Å². The maximum atomic E-state index is 13.6. The van der Waals surface area contributed by atoms with Gasteiger partial charge in [-0.2, -0.15) is 0 Å². The molecule has 1 aliphatic rings. The second-order valence-electron chi connectivity index (χ2n) is 6.33. The van der Waals surface area contributed by atoms with Gasteiger partial charge in [-0.05, 0) is 49.8 Å². The van der Waals surface area contributed by atoms with Crippen molar-refractivity contribution in [3.63, 3.8) is 0 Å². The second-order valence-corrected chi connectivity index (χ2v) is 8.04. The standard InChI is InChI=1S/C16H20FN3O3S/c1-10-3-6-14(9-15(10)17)24(21,22)20-13-5-4-12(7-13)8-16-19-18-11(2)23-16/h3,6,9,12-13,20H,4-5,7-8H2,1-2H3/t12-,13+/m1/s1. The highest BCUT2D eigenvalue weighted by molar-refractivity contribution is 7.89. The Morgan fingerprint density at radius 2 is 2.08 bits per heavy atom. The highest BCUT2D eigenvalue weighted by atomic mass is 32.2. The minimum Gasteiger partial charge on any atom is -0.426 e. The van der Waals surface area contributed by atoms with Gasteiger partial charge in [-0.1, -0.05) is 6.07 Å². The molecule has 0 unspecified atom stereocenters. The van der Waals surface area contributed by atoms with Crippen LogP contribution in [0.2, 0.25) is 0 Å². The summed E-state index contributed by atoms with van der Waals surface area (Å²) in [5, 5.41) is 7.78. The van der Waals surface area contributed by atoms with E-state index < -0.39 is 15.8 Å². The minimum absolute atomic E-state index is 0.0402. The Bertz CT molecular complexity index is 835. The normalized spacial score (nSPS) is 21.3. The van der Waals surface area contributed by atoms with Crippen LogP contribution in [0.4, 0.5) is 4.39 Å². The number of nitrogens with zero attached hydrogens (tertiary/aromatic N) is 2. The van der Waals surface area contributed by atoms with Gasteiger partial charge in [0.05, 0.1) is 4.90 Å². The molecule has 0 spiro atoms. The lowest BCUT2D eigenvalue weighted by Crippen LogP contribution is -2.33. The van der Waals surface area contributed by atoms with Gasteiger partial charge < -0.3 is 4.42 Å². The molecule has 0 aliphatic heterocycles. The number of halogens is 1. The molecule has 3 rings (SSSR count). The van der Waals surface area contributed by atoms with Crippen LogP contribution < -0.4 is 4.72 Å². The number of hydrogen-bond acceptors (Lipinski definition) is 5. The van der Waals surface area contributed by atoms with Crippen LogP contribution in [0.3, 0.4) is 0 Å². The SMILES string of the molecule is Cc1nnc(C[C@@H]2CC[C@H](NS(=O)(=O)c3ccc(C)c(F)c3)C2)o1. The molecule has 0 saturated heterocycles. The Morgan fingerprint density at radius 3 is 2.75 bits per heavy atom. The van der Waals surface area contributed by atoms with Crippen molar-refractivity contribution in [1.29, 1.82) is 0 Å². The highest BCUT2D eigenvalue weighted by Crippen LogP contribution is 2.29. The molecular weight excluding hydrogens is 333 g/mol. The summed E-state index contributed by atoms with van der Waals surface area (Å²) >= 11 is 0. The quantitative estimate of drug-likeness (QED) is 0.893. The van der Waals surface area contributed by atoms with E-state index in [1.807, 2.05) is 0 Å². The van der Waals surface area contributed by atoms with Crippen LogP contribution in [0.25, 0.3) is 0 Å². The molecule has 1 saturated carbocycles. The zero-order valence-corrected chi connectivity index (χ0v) is 14.4. The number of sulfonamides is 1. The first-order valence-electron chi connectivity index (χ1n) is 7.91. The average molecular weight is 353 g/mol. The zero-order valence-electron chi connectivity index (χ0n) is 13.6. The van der Waals surface area contributed by atoms with Gasteiger partial charge in [0.25, 0.3) is 0 Å². The number of hydrogen-bond donors (Lipinski definition) is 1. The van der Waals surface area contributed by atoms with E-state index in [9.17, 15) is 12.8 Å². The van der Waals surface area contributed by atoms with Gasteiger partial charge in [0, 0.05) is 19.4 Å². The van der Waals surface area contributed by atoms with Crippen molar-refractivity contribution >= 4 is 10.0 Å². The topological polar surface area (TPSA) is 85.1 Å². The first kappa shape index (κ1) is 17.0. The Hall–Kier alpha value is -1.80. The summed E-state index contributed by atoms with van der Waals surface area (Å²) in [4.78, 5) is -0.0402. The van der Waals surface area contributed by atoms with Crippen LogP contribution in [0.5, 0.6) is 0 Å². The first-order valence-corrected chi connectivity index (χ1v) is 9.39. The lowest BCUT2D eigenvalue weighted by Gasteiger charge is -2.14. The molecule has 1 aromatic carbocycles. The second kappa shape index (κ2) is 6.60. The van der Waals surface area contributed by atoms with Crippen LogP contribution in [-0.4, -0.2) is 24.7 Å². The smallest absolute Gasteiger partial charge is 0.240 e. The summed E-state index contributed by atoms with van der Waals surface area (Å²) < 4.78 is 46.5. The summed E-state index contributed by atoms with van der Waals surface area (Å²) in [5.74, 6) is 0.893. The van der Waals surface area contributed by atoms with Crippen molar-refractivity contribution < 1.29 is 17.2 Å². The van der Waals surface area contributed by atoms with E-state index in [1.54, 1.807) is 13.8 Å². The van der Waals surface area contributed by atoms with Crippen LogP contribution in [0, 0.1) is 25.6 Å². The third-order valence-electron chi connectivity index (χ3n) is 4.35. The Morgan fingerprint density at radius 1 is 1.29 bits per heavy atom. The van der Waals surface area contributed by atoms with Gasteiger partial charge in [0.1, 0.15) is 5.82 Å². The van der Waals surface area contributed by atoms with Crippen LogP contribution in [0.15, 0.2) is 27.5 Å². The molecule has 6 nitrogen and oxygen atoms in total. The number of aryl methyl sites for hydroxylation is 2.